The first-order chi connectivity index (χ1) is 14.5. The SMILES string of the molecule is O=C(Nc1ccc2c(c1)OCO2)C1CCCN1S(=O)(=O)c1ccc2c(c1)OCCO2. The smallest absolute Gasteiger partial charge is 0.243 e. The van der Waals surface area contributed by atoms with E-state index in [9.17, 15) is 13.2 Å². The van der Waals surface area contributed by atoms with Gasteiger partial charge in [-0.15, -0.1) is 0 Å². The summed E-state index contributed by atoms with van der Waals surface area (Å²) in [5.41, 5.74) is 0.521. The lowest BCUT2D eigenvalue weighted by Crippen LogP contribution is -2.43. The maximum absolute atomic E-state index is 13.3. The summed E-state index contributed by atoms with van der Waals surface area (Å²) in [7, 11) is -3.88. The van der Waals surface area contributed by atoms with E-state index < -0.39 is 16.1 Å². The summed E-state index contributed by atoms with van der Waals surface area (Å²) in [6.07, 6.45) is 1.04. The van der Waals surface area contributed by atoms with E-state index in [1.165, 1.54) is 16.4 Å². The highest BCUT2D eigenvalue weighted by molar-refractivity contribution is 7.89. The van der Waals surface area contributed by atoms with E-state index >= 15 is 0 Å². The number of amides is 1. The lowest BCUT2D eigenvalue weighted by Gasteiger charge is -2.24. The molecule has 3 aliphatic rings. The minimum atomic E-state index is -3.88. The second kappa shape index (κ2) is 7.37. The van der Waals surface area contributed by atoms with Crippen LogP contribution in [0.4, 0.5) is 5.69 Å². The highest BCUT2D eigenvalue weighted by atomic mass is 32.2. The lowest BCUT2D eigenvalue weighted by molar-refractivity contribution is -0.119. The molecular formula is C20H20N2O7S. The van der Waals surface area contributed by atoms with Crippen LogP contribution < -0.4 is 24.3 Å². The van der Waals surface area contributed by atoms with Crippen LogP contribution in [0.1, 0.15) is 12.8 Å². The molecule has 0 aliphatic carbocycles. The molecule has 0 spiro atoms. The van der Waals surface area contributed by atoms with E-state index in [0.717, 1.165) is 0 Å². The third-order valence-corrected chi connectivity index (χ3v) is 7.17. The predicted octanol–water partition coefficient (Wildman–Crippen LogP) is 1.98. The van der Waals surface area contributed by atoms with Crippen molar-refractivity contribution in [3.05, 3.63) is 36.4 Å². The summed E-state index contributed by atoms with van der Waals surface area (Å²) in [5.74, 6) is 1.67. The van der Waals surface area contributed by atoms with Crippen molar-refractivity contribution in [2.75, 3.05) is 31.9 Å². The van der Waals surface area contributed by atoms with Gasteiger partial charge < -0.3 is 24.3 Å². The number of ether oxygens (including phenoxy) is 4. The van der Waals surface area contributed by atoms with Crippen LogP contribution in [0.5, 0.6) is 23.0 Å². The molecule has 158 valence electrons. The molecular weight excluding hydrogens is 412 g/mol. The Kier molecular flexibility index (Phi) is 4.67. The van der Waals surface area contributed by atoms with Crippen LogP contribution in [0.3, 0.4) is 0 Å². The van der Waals surface area contributed by atoms with Gasteiger partial charge in [0.1, 0.15) is 19.3 Å². The Labute approximate surface area is 173 Å². The number of rotatable bonds is 4. The molecule has 1 atom stereocenters. The van der Waals surface area contributed by atoms with E-state index in [1.807, 2.05) is 0 Å². The molecule has 1 saturated heterocycles. The Hall–Kier alpha value is -2.98. The standard InChI is InChI=1S/C20H20N2O7S/c23-20(21-13-3-5-17-18(10-13)29-12-28-17)15-2-1-7-22(15)30(24,25)14-4-6-16-19(11-14)27-9-8-26-16/h3-6,10-11,15H,1-2,7-9,12H2,(H,21,23). The van der Waals surface area contributed by atoms with Gasteiger partial charge in [0.05, 0.1) is 4.90 Å². The van der Waals surface area contributed by atoms with Crippen LogP contribution in [0.2, 0.25) is 0 Å². The number of carbonyl (C=O) groups is 1. The Morgan fingerprint density at radius 1 is 0.933 bits per heavy atom. The van der Waals surface area contributed by atoms with Crippen LogP contribution in [-0.4, -0.2) is 51.2 Å². The topological polar surface area (TPSA) is 103 Å². The number of anilines is 1. The van der Waals surface area contributed by atoms with Gasteiger partial charge in [-0.2, -0.15) is 4.31 Å². The van der Waals surface area contributed by atoms with Crippen molar-refractivity contribution in [3.8, 4) is 23.0 Å². The number of carbonyl (C=O) groups excluding carboxylic acids is 1. The molecule has 3 aliphatic heterocycles. The highest BCUT2D eigenvalue weighted by Gasteiger charge is 2.40. The minimum Gasteiger partial charge on any atom is -0.486 e. The largest absolute Gasteiger partial charge is 0.486 e. The summed E-state index contributed by atoms with van der Waals surface area (Å²) in [6, 6.07) is 8.78. The van der Waals surface area contributed by atoms with Crippen molar-refractivity contribution >= 4 is 21.6 Å². The fourth-order valence-electron chi connectivity index (χ4n) is 3.81. The second-order valence-electron chi connectivity index (χ2n) is 7.14. The van der Waals surface area contributed by atoms with Crippen molar-refractivity contribution < 1.29 is 32.2 Å². The van der Waals surface area contributed by atoms with Crippen LogP contribution in [0.25, 0.3) is 0 Å². The molecule has 9 nitrogen and oxygen atoms in total. The Morgan fingerprint density at radius 2 is 1.63 bits per heavy atom. The number of nitrogens with one attached hydrogen (secondary N) is 1. The quantitative estimate of drug-likeness (QED) is 0.788. The number of fused-ring (bicyclic) bond motifs is 2. The van der Waals surface area contributed by atoms with E-state index in [-0.39, 0.29) is 24.1 Å². The number of sulfonamides is 1. The number of nitrogens with zero attached hydrogens (tertiary/aromatic N) is 1. The average Bonchev–Trinajstić information content (AvgIpc) is 3.43. The molecule has 5 rings (SSSR count). The Bertz CT molecular complexity index is 1100. The maximum atomic E-state index is 13.3. The van der Waals surface area contributed by atoms with E-state index in [4.69, 9.17) is 18.9 Å². The highest BCUT2D eigenvalue weighted by Crippen LogP contribution is 2.36. The van der Waals surface area contributed by atoms with Gasteiger partial charge in [-0.1, -0.05) is 0 Å². The maximum Gasteiger partial charge on any atom is 0.243 e. The molecule has 1 fully saturated rings. The van der Waals surface area contributed by atoms with Gasteiger partial charge in [0.2, 0.25) is 22.7 Å². The van der Waals surface area contributed by atoms with E-state index in [1.54, 1.807) is 24.3 Å². The van der Waals surface area contributed by atoms with Crippen molar-refractivity contribution in [1.29, 1.82) is 0 Å². The van der Waals surface area contributed by atoms with Gasteiger partial charge in [-0.05, 0) is 37.1 Å². The first-order valence-electron chi connectivity index (χ1n) is 9.64. The summed E-state index contributed by atoms with van der Waals surface area (Å²) >= 11 is 0. The molecule has 1 amide bonds. The summed E-state index contributed by atoms with van der Waals surface area (Å²) < 4.78 is 49.3. The third-order valence-electron chi connectivity index (χ3n) is 5.27. The van der Waals surface area contributed by atoms with Crippen molar-refractivity contribution in [2.24, 2.45) is 0 Å². The van der Waals surface area contributed by atoms with Crippen molar-refractivity contribution in [1.82, 2.24) is 4.31 Å². The van der Waals surface area contributed by atoms with E-state index in [2.05, 4.69) is 5.32 Å². The molecule has 2 aromatic rings. The molecule has 3 heterocycles. The van der Waals surface area contributed by atoms with Gasteiger partial charge in [0, 0.05) is 24.4 Å². The summed E-state index contributed by atoms with van der Waals surface area (Å²) in [5, 5.41) is 2.79. The van der Waals surface area contributed by atoms with Gasteiger partial charge in [0.15, 0.2) is 23.0 Å². The molecule has 0 aromatic heterocycles. The normalized spacial score (nSPS) is 20.2. The molecule has 0 radical (unpaired) electrons. The zero-order valence-electron chi connectivity index (χ0n) is 16.0. The summed E-state index contributed by atoms with van der Waals surface area (Å²) in [6.45, 7) is 1.20. The van der Waals surface area contributed by atoms with Crippen LogP contribution in [0.15, 0.2) is 41.3 Å². The molecule has 30 heavy (non-hydrogen) atoms. The third kappa shape index (κ3) is 3.31. The fraction of sp³-hybridized carbons (Fsp3) is 0.350. The average molecular weight is 432 g/mol. The second-order valence-corrected chi connectivity index (χ2v) is 9.03. The van der Waals surface area contributed by atoms with Gasteiger partial charge in [0.25, 0.3) is 0 Å². The molecule has 2 aromatic carbocycles. The first-order valence-corrected chi connectivity index (χ1v) is 11.1. The predicted molar refractivity (Wildman–Crippen MR) is 106 cm³/mol. The first kappa shape index (κ1) is 19.0. The van der Waals surface area contributed by atoms with Crippen molar-refractivity contribution in [3.63, 3.8) is 0 Å². The lowest BCUT2D eigenvalue weighted by atomic mass is 10.2. The number of hydrogen-bond donors (Lipinski definition) is 1. The number of benzene rings is 2. The van der Waals surface area contributed by atoms with Crippen LogP contribution in [-0.2, 0) is 14.8 Å². The molecule has 0 bridgehead atoms. The van der Waals surface area contributed by atoms with Gasteiger partial charge in [-0.25, -0.2) is 8.42 Å². The molecule has 0 saturated carbocycles. The molecule has 10 heteroatoms. The van der Waals surface area contributed by atoms with Crippen molar-refractivity contribution in [2.45, 2.75) is 23.8 Å². The van der Waals surface area contributed by atoms with Crippen LogP contribution in [0, 0.1) is 0 Å². The minimum absolute atomic E-state index is 0.0783. The van der Waals surface area contributed by atoms with Gasteiger partial charge >= 0.3 is 0 Å². The Morgan fingerprint density at radius 3 is 2.50 bits per heavy atom. The van der Waals surface area contributed by atoms with E-state index in [0.29, 0.717) is 54.7 Å². The number of hydrogen-bond acceptors (Lipinski definition) is 7. The van der Waals surface area contributed by atoms with Crippen LogP contribution >= 0.6 is 0 Å². The monoisotopic (exact) mass is 432 g/mol. The Balaban J connectivity index is 1.37. The molecule has 1 unspecified atom stereocenters. The zero-order valence-corrected chi connectivity index (χ0v) is 16.8. The van der Waals surface area contributed by atoms with Gasteiger partial charge in [-0.3, -0.25) is 4.79 Å². The summed E-state index contributed by atoms with van der Waals surface area (Å²) in [4.78, 5) is 13.0. The molecule has 1 N–H and O–H groups in total. The fourth-order valence-corrected chi connectivity index (χ4v) is 5.48. The zero-order chi connectivity index (χ0) is 20.7.